The zero-order valence-corrected chi connectivity index (χ0v) is 8.25. The standard InChI is InChI=1S/C11H16N2/c1-5-7-8-10(9(3)4)11(12)13-6-2/h5-8H,1-2H2,3-4H3,(H2,12,13)/b8-7-. The van der Waals surface area contributed by atoms with Gasteiger partial charge >= 0.3 is 0 Å². The first-order chi connectivity index (χ1) is 6.13. The van der Waals surface area contributed by atoms with Gasteiger partial charge in [0.05, 0.1) is 0 Å². The van der Waals surface area contributed by atoms with Gasteiger partial charge in [0.1, 0.15) is 5.84 Å². The van der Waals surface area contributed by atoms with Crippen LogP contribution in [0.25, 0.3) is 0 Å². The van der Waals surface area contributed by atoms with Crippen LogP contribution >= 0.6 is 0 Å². The van der Waals surface area contributed by atoms with E-state index in [0.717, 1.165) is 11.1 Å². The summed E-state index contributed by atoms with van der Waals surface area (Å²) in [5, 5.41) is 0. The monoisotopic (exact) mass is 176 g/mol. The van der Waals surface area contributed by atoms with E-state index in [1.807, 2.05) is 26.0 Å². The first-order valence-corrected chi connectivity index (χ1v) is 4.04. The summed E-state index contributed by atoms with van der Waals surface area (Å²) in [5.41, 5.74) is 7.73. The van der Waals surface area contributed by atoms with Crippen molar-refractivity contribution >= 4 is 5.84 Å². The molecule has 0 atom stereocenters. The number of aliphatic imine (C=N–C) groups is 1. The highest BCUT2D eigenvalue weighted by Crippen LogP contribution is 2.05. The molecule has 2 N–H and O–H groups in total. The van der Waals surface area contributed by atoms with Gasteiger partial charge in [0, 0.05) is 11.8 Å². The molecule has 2 heteroatoms. The first kappa shape index (κ1) is 11.4. The number of amidine groups is 1. The third-order valence-electron chi connectivity index (χ3n) is 1.44. The van der Waals surface area contributed by atoms with Gasteiger partial charge in [-0.25, -0.2) is 4.99 Å². The zero-order chi connectivity index (χ0) is 10.3. The predicted molar refractivity (Wildman–Crippen MR) is 59.5 cm³/mol. The summed E-state index contributed by atoms with van der Waals surface area (Å²) in [6.45, 7) is 11.0. The van der Waals surface area contributed by atoms with Crippen LogP contribution in [0.2, 0.25) is 0 Å². The average molecular weight is 176 g/mol. The van der Waals surface area contributed by atoms with Gasteiger partial charge in [-0.05, 0) is 13.8 Å². The molecule has 0 saturated heterocycles. The lowest BCUT2D eigenvalue weighted by Crippen LogP contribution is -2.14. The van der Waals surface area contributed by atoms with Crippen LogP contribution < -0.4 is 5.73 Å². The predicted octanol–water partition coefficient (Wildman–Crippen LogP) is 2.57. The van der Waals surface area contributed by atoms with E-state index in [1.165, 1.54) is 6.20 Å². The molecule has 70 valence electrons. The summed E-state index contributed by atoms with van der Waals surface area (Å²) < 4.78 is 0. The number of nitrogens with zero attached hydrogens (tertiary/aromatic N) is 1. The molecular weight excluding hydrogens is 160 g/mol. The Morgan fingerprint density at radius 2 is 1.92 bits per heavy atom. The molecule has 0 radical (unpaired) electrons. The van der Waals surface area contributed by atoms with Crippen LogP contribution in [0.3, 0.4) is 0 Å². The van der Waals surface area contributed by atoms with E-state index in [-0.39, 0.29) is 0 Å². The van der Waals surface area contributed by atoms with Crippen molar-refractivity contribution in [2.24, 2.45) is 10.7 Å². The normalized spacial score (nSPS) is 11.4. The van der Waals surface area contributed by atoms with Gasteiger partial charge in [-0.3, -0.25) is 0 Å². The summed E-state index contributed by atoms with van der Waals surface area (Å²) in [5.74, 6) is 0.480. The van der Waals surface area contributed by atoms with Gasteiger partial charge in [-0.15, -0.1) is 0 Å². The lowest BCUT2D eigenvalue weighted by Gasteiger charge is -2.02. The Kier molecular flexibility index (Phi) is 5.28. The van der Waals surface area contributed by atoms with E-state index in [4.69, 9.17) is 5.73 Å². The molecule has 0 heterocycles. The van der Waals surface area contributed by atoms with Gasteiger partial charge in [0.25, 0.3) is 0 Å². The van der Waals surface area contributed by atoms with Crippen LogP contribution in [0.15, 0.2) is 53.7 Å². The molecule has 0 fully saturated rings. The Morgan fingerprint density at radius 1 is 1.31 bits per heavy atom. The van der Waals surface area contributed by atoms with Crippen molar-refractivity contribution in [2.45, 2.75) is 13.8 Å². The van der Waals surface area contributed by atoms with Crippen LogP contribution in [0.5, 0.6) is 0 Å². The van der Waals surface area contributed by atoms with Crippen LogP contribution in [-0.2, 0) is 0 Å². The fourth-order valence-electron chi connectivity index (χ4n) is 0.840. The first-order valence-electron chi connectivity index (χ1n) is 4.04. The maximum Gasteiger partial charge on any atom is 0.130 e. The van der Waals surface area contributed by atoms with Crippen molar-refractivity contribution < 1.29 is 0 Å². The maximum atomic E-state index is 5.71. The highest BCUT2D eigenvalue weighted by Gasteiger charge is 1.98. The summed E-state index contributed by atoms with van der Waals surface area (Å²) in [6, 6.07) is 0. The molecule has 0 aromatic carbocycles. The third kappa shape index (κ3) is 4.11. The molecular formula is C11H16N2. The van der Waals surface area contributed by atoms with E-state index < -0.39 is 0 Å². The Hall–Kier alpha value is -1.57. The molecule has 13 heavy (non-hydrogen) atoms. The third-order valence-corrected chi connectivity index (χ3v) is 1.44. The second-order valence-corrected chi connectivity index (χ2v) is 2.71. The second-order valence-electron chi connectivity index (χ2n) is 2.71. The van der Waals surface area contributed by atoms with E-state index in [9.17, 15) is 0 Å². The summed E-state index contributed by atoms with van der Waals surface area (Å²) in [4.78, 5) is 3.91. The molecule has 0 unspecified atom stereocenters. The molecule has 0 aliphatic heterocycles. The van der Waals surface area contributed by atoms with Crippen LogP contribution in [-0.4, -0.2) is 5.84 Å². The minimum absolute atomic E-state index is 0.480. The second kappa shape index (κ2) is 6.00. The largest absolute Gasteiger partial charge is 0.383 e. The average Bonchev–Trinajstić information content (AvgIpc) is 2.05. The fraction of sp³-hybridized carbons (Fsp3) is 0.182. The van der Waals surface area contributed by atoms with Crippen LogP contribution in [0, 0.1) is 0 Å². The van der Waals surface area contributed by atoms with Gasteiger partial charge in [-0.1, -0.05) is 37.0 Å². The fourth-order valence-corrected chi connectivity index (χ4v) is 0.840. The maximum absolute atomic E-state index is 5.71. The van der Waals surface area contributed by atoms with Gasteiger partial charge in [0.15, 0.2) is 0 Å². The SMILES string of the molecule is C=C/C=C\C(=C(C)C)/C(N)=N\C=C. The molecule has 0 aromatic heterocycles. The van der Waals surface area contributed by atoms with Crippen molar-refractivity contribution in [1.29, 1.82) is 0 Å². The Balaban J connectivity index is 4.95. The number of nitrogens with two attached hydrogens (primary N) is 1. The topological polar surface area (TPSA) is 38.4 Å². The van der Waals surface area contributed by atoms with Crippen molar-refractivity contribution in [3.63, 3.8) is 0 Å². The van der Waals surface area contributed by atoms with Crippen LogP contribution in [0.1, 0.15) is 13.8 Å². The van der Waals surface area contributed by atoms with Gasteiger partial charge in [0.2, 0.25) is 0 Å². The van der Waals surface area contributed by atoms with E-state index >= 15 is 0 Å². The molecule has 0 amide bonds. The van der Waals surface area contributed by atoms with E-state index in [0.29, 0.717) is 5.84 Å². The molecule has 0 aromatic rings. The number of hydrogen-bond donors (Lipinski definition) is 1. The molecule has 0 saturated carbocycles. The highest BCUT2D eigenvalue weighted by atomic mass is 14.8. The highest BCUT2D eigenvalue weighted by molar-refractivity contribution is 6.00. The lowest BCUT2D eigenvalue weighted by atomic mass is 10.1. The van der Waals surface area contributed by atoms with E-state index in [1.54, 1.807) is 6.08 Å². The lowest BCUT2D eigenvalue weighted by molar-refractivity contribution is 1.34. The molecule has 0 rings (SSSR count). The number of allylic oxidation sites excluding steroid dienone is 3. The van der Waals surface area contributed by atoms with E-state index in [2.05, 4.69) is 18.2 Å². The summed E-state index contributed by atoms with van der Waals surface area (Å²) in [6.07, 6.45) is 6.84. The van der Waals surface area contributed by atoms with Crippen LogP contribution in [0.4, 0.5) is 0 Å². The number of rotatable bonds is 4. The zero-order valence-electron chi connectivity index (χ0n) is 8.25. The molecule has 0 spiro atoms. The van der Waals surface area contributed by atoms with Crippen molar-refractivity contribution in [3.05, 3.63) is 48.7 Å². The van der Waals surface area contributed by atoms with Gasteiger partial charge in [-0.2, -0.15) is 0 Å². The number of hydrogen-bond acceptors (Lipinski definition) is 1. The molecule has 0 aliphatic carbocycles. The molecule has 0 aliphatic rings. The molecule has 0 bridgehead atoms. The Bertz CT molecular complexity index is 276. The quantitative estimate of drug-likeness (QED) is 0.399. The smallest absolute Gasteiger partial charge is 0.130 e. The Morgan fingerprint density at radius 3 is 2.31 bits per heavy atom. The van der Waals surface area contributed by atoms with Crippen molar-refractivity contribution in [3.8, 4) is 0 Å². The van der Waals surface area contributed by atoms with Crippen molar-refractivity contribution in [1.82, 2.24) is 0 Å². The minimum atomic E-state index is 0.480. The summed E-state index contributed by atoms with van der Waals surface area (Å²) >= 11 is 0. The Labute approximate surface area is 79.9 Å². The molecule has 2 nitrogen and oxygen atoms in total. The van der Waals surface area contributed by atoms with Gasteiger partial charge < -0.3 is 5.73 Å². The summed E-state index contributed by atoms with van der Waals surface area (Å²) in [7, 11) is 0. The minimum Gasteiger partial charge on any atom is -0.383 e. The van der Waals surface area contributed by atoms with Crippen molar-refractivity contribution in [2.75, 3.05) is 0 Å².